The standard InChI is InChI=1S/C27H31NO2/c1-26-11-9-21(29)15-20(26)7-8-22-23(26)10-12-27(2)24(22)14-19(25(27)30)13-17-3-5-18(16-28)6-4-17/h3-7,13,21-24,29H,8-12,14-15H2,1-2H3/b19-13+/t21-,22+,23-,24-,26-,27-/m0/s1. The van der Waals surface area contributed by atoms with Gasteiger partial charge in [0.1, 0.15) is 0 Å². The number of carbonyl (C=O) groups is 1. The number of rotatable bonds is 1. The van der Waals surface area contributed by atoms with Crippen LogP contribution in [0.1, 0.15) is 69.9 Å². The Kier molecular flexibility index (Phi) is 4.56. The molecule has 5 rings (SSSR count). The average molecular weight is 402 g/mol. The van der Waals surface area contributed by atoms with E-state index in [1.807, 2.05) is 24.3 Å². The summed E-state index contributed by atoms with van der Waals surface area (Å²) in [5.74, 6) is 1.94. The first-order valence-electron chi connectivity index (χ1n) is 11.5. The van der Waals surface area contributed by atoms with E-state index in [1.54, 1.807) is 0 Å². The zero-order chi connectivity index (χ0) is 21.1. The zero-order valence-electron chi connectivity index (χ0n) is 18.0. The first-order valence-corrected chi connectivity index (χ1v) is 11.5. The number of hydrogen-bond acceptors (Lipinski definition) is 3. The molecule has 156 valence electrons. The highest BCUT2D eigenvalue weighted by atomic mass is 16.3. The summed E-state index contributed by atoms with van der Waals surface area (Å²) >= 11 is 0. The third-order valence-corrected chi connectivity index (χ3v) is 9.10. The Morgan fingerprint density at radius 1 is 1.07 bits per heavy atom. The number of nitrogens with zero attached hydrogens (tertiary/aromatic N) is 1. The maximum atomic E-state index is 13.5. The van der Waals surface area contributed by atoms with E-state index in [9.17, 15) is 9.90 Å². The molecule has 6 atom stereocenters. The molecule has 3 nitrogen and oxygen atoms in total. The topological polar surface area (TPSA) is 61.1 Å². The Balaban J connectivity index is 1.46. The minimum atomic E-state index is -0.241. The van der Waals surface area contributed by atoms with Crippen LogP contribution in [0.25, 0.3) is 6.08 Å². The molecule has 0 aromatic heterocycles. The van der Waals surface area contributed by atoms with E-state index in [0.29, 0.717) is 29.1 Å². The molecule has 30 heavy (non-hydrogen) atoms. The lowest BCUT2D eigenvalue weighted by Crippen LogP contribution is -2.50. The first-order chi connectivity index (χ1) is 14.3. The fourth-order valence-corrected chi connectivity index (χ4v) is 7.30. The van der Waals surface area contributed by atoms with Gasteiger partial charge in [-0.1, -0.05) is 37.6 Å². The summed E-state index contributed by atoms with van der Waals surface area (Å²) in [6.45, 7) is 4.64. The van der Waals surface area contributed by atoms with Gasteiger partial charge in [0.2, 0.25) is 0 Å². The molecule has 3 saturated carbocycles. The number of benzene rings is 1. The van der Waals surface area contributed by atoms with Crippen molar-refractivity contribution >= 4 is 11.9 Å². The van der Waals surface area contributed by atoms with Crippen LogP contribution in [-0.4, -0.2) is 17.0 Å². The van der Waals surface area contributed by atoms with Crippen molar-refractivity contribution in [2.45, 2.75) is 64.9 Å². The van der Waals surface area contributed by atoms with E-state index in [2.05, 4.69) is 32.1 Å². The van der Waals surface area contributed by atoms with Gasteiger partial charge in [-0.05, 0) is 97.5 Å². The molecule has 0 heterocycles. The van der Waals surface area contributed by atoms with Gasteiger partial charge in [0.05, 0.1) is 17.7 Å². The van der Waals surface area contributed by atoms with Crippen molar-refractivity contribution in [3.63, 3.8) is 0 Å². The quantitative estimate of drug-likeness (QED) is 0.503. The lowest BCUT2D eigenvalue weighted by Gasteiger charge is -2.56. The van der Waals surface area contributed by atoms with Crippen molar-refractivity contribution in [2.24, 2.45) is 28.6 Å². The van der Waals surface area contributed by atoms with Crippen LogP contribution < -0.4 is 0 Å². The van der Waals surface area contributed by atoms with Crippen LogP contribution in [0.3, 0.4) is 0 Å². The van der Waals surface area contributed by atoms with Crippen molar-refractivity contribution in [2.75, 3.05) is 0 Å². The van der Waals surface area contributed by atoms with Crippen LogP contribution in [0.4, 0.5) is 0 Å². The largest absolute Gasteiger partial charge is 0.393 e. The van der Waals surface area contributed by atoms with Crippen molar-refractivity contribution in [3.8, 4) is 6.07 Å². The van der Waals surface area contributed by atoms with E-state index in [1.165, 1.54) is 5.57 Å². The molecule has 0 aliphatic heterocycles. The molecule has 0 amide bonds. The maximum Gasteiger partial charge on any atom is 0.165 e. The third-order valence-electron chi connectivity index (χ3n) is 9.10. The summed E-state index contributed by atoms with van der Waals surface area (Å²) in [5, 5.41) is 19.2. The summed E-state index contributed by atoms with van der Waals surface area (Å²) < 4.78 is 0. The molecule has 1 aromatic rings. The Hall–Kier alpha value is -2.18. The molecule has 0 bridgehead atoms. The third kappa shape index (κ3) is 2.84. The summed E-state index contributed by atoms with van der Waals surface area (Å²) in [5.41, 5.74) is 4.06. The molecule has 4 aliphatic rings. The van der Waals surface area contributed by atoms with Crippen LogP contribution in [0.2, 0.25) is 0 Å². The number of hydrogen-bond donors (Lipinski definition) is 1. The molecule has 1 N–H and O–H groups in total. The Bertz CT molecular complexity index is 981. The first kappa shape index (κ1) is 19.8. The van der Waals surface area contributed by atoms with Gasteiger partial charge < -0.3 is 5.11 Å². The van der Waals surface area contributed by atoms with Crippen LogP contribution >= 0.6 is 0 Å². The lowest BCUT2D eigenvalue weighted by molar-refractivity contribution is -0.130. The number of aliphatic hydroxyl groups is 1. The van der Waals surface area contributed by atoms with Gasteiger partial charge in [0.15, 0.2) is 5.78 Å². The molecular weight excluding hydrogens is 370 g/mol. The molecule has 0 spiro atoms. The van der Waals surface area contributed by atoms with Crippen LogP contribution in [0.5, 0.6) is 0 Å². The number of nitriles is 1. The average Bonchev–Trinajstić information content (AvgIpc) is 3.00. The second-order valence-corrected chi connectivity index (χ2v) is 10.5. The summed E-state index contributed by atoms with van der Waals surface area (Å²) in [6, 6.07) is 9.68. The van der Waals surface area contributed by atoms with Crippen LogP contribution in [-0.2, 0) is 4.79 Å². The highest BCUT2D eigenvalue weighted by molar-refractivity contribution is 6.05. The summed E-state index contributed by atoms with van der Waals surface area (Å²) in [6.07, 6.45) is 11.2. The predicted octanol–water partition coefficient (Wildman–Crippen LogP) is 5.44. The number of carbonyl (C=O) groups excluding carboxylic acids is 1. The number of allylic oxidation sites excluding steroid dienone is 2. The smallest absolute Gasteiger partial charge is 0.165 e. The van der Waals surface area contributed by atoms with Gasteiger partial charge in [-0.2, -0.15) is 5.26 Å². The van der Waals surface area contributed by atoms with Gasteiger partial charge in [0.25, 0.3) is 0 Å². The van der Waals surface area contributed by atoms with Crippen molar-refractivity contribution in [3.05, 3.63) is 52.6 Å². The second kappa shape index (κ2) is 6.92. The maximum absolute atomic E-state index is 13.5. The van der Waals surface area contributed by atoms with Crippen LogP contribution in [0, 0.1) is 39.9 Å². The fourth-order valence-electron chi connectivity index (χ4n) is 7.30. The number of aliphatic hydroxyl groups excluding tert-OH is 1. The van der Waals surface area contributed by atoms with Gasteiger partial charge in [0, 0.05) is 5.41 Å². The highest BCUT2D eigenvalue weighted by Crippen LogP contribution is 2.64. The van der Waals surface area contributed by atoms with Gasteiger partial charge in [-0.25, -0.2) is 0 Å². The van der Waals surface area contributed by atoms with E-state index in [-0.39, 0.29) is 16.9 Å². The molecular formula is C27H31NO2. The SMILES string of the molecule is C[C@]12CC[C@H](O)CC1=CC[C@@H]1[C@@H]2CC[C@]2(C)C(=O)/C(=C/c3ccc(C#N)cc3)C[C@@H]12. The fraction of sp³-hybridized carbons (Fsp3) is 0.556. The molecule has 0 unspecified atom stereocenters. The van der Waals surface area contributed by atoms with Crippen molar-refractivity contribution in [1.82, 2.24) is 0 Å². The minimum Gasteiger partial charge on any atom is -0.393 e. The number of Topliss-reactive ketones (excluding diaryl/α,β-unsaturated/α-hetero) is 1. The van der Waals surface area contributed by atoms with Gasteiger partial charge in [-0.15, -0.1) is 0 Å². The van der Waals surface area contributed by atoms with E-state index in [0.717, 1.165) is 56.1 Å². The van der Waals surface area contributed by atoms with Crippen molar-refractivity contribution in [1.29, 1.82) is 5.26 Å². The molecule has 4 aliphatic carbocycles. The summed E-state index contributed by atoms with van der Waals surface area (Å²) in [7, 11) is 0. The van der Waals surface area contributed by atoms with E-state index >= 15 is 0 Å². The molecule has 3 heteroatoms. The van der Waals surface area contributed by atoms with Crippen LogP contribution in [0.15, 0.2) is 41.5 Å². The Labute approximate surface area is 179 Å². The highest BCUT2D eigenvalue weighted by Gasteiger charge is 2.59. The normalized spacial score (nSPS) is 41.5. The molecule has 0 radical (unpaired) electrons. The minimum absolute atomic E-state index is 0.176. The van der Waals surface area contributed by atoms with E-state index < -0.39 is 0 Å². The lowest BCUT2D eigenvalue weighted by atomic mass is 9.48. The molecule has 0 saturated heterocycles. The summed E-state index contributed by atoms with van der Waals surface area (Å²) in [4.78, 5) is 13.5. The molecule has 1 aromatic carbocycles. The zero-order valence-corrected chi connectivity index (χ0v) is 18.0. The van der Waals surface area contributed by atoms with Crippen molar-refractivity contribution < 1.29 is 9.90 Å². The Morgan fingerprint density at radius 2 is 1.80 bits per heavy atom. The monoisotopic (exact) mass is 401 g/mol. The Morgan fingerprint density at radius 3 is 2.53 bits per heavy atom. The molecule has 3 fully saturated rings. The number of ketones is 1. The second-order valence-electron chi connectivity index (χ2n) is 10.5. The predicted molar refractivity (Wildman–Crippen MR) is 117 cm³/mol. The van der Waals surface area contributed by atoms with E-state index in [4.69, 9.17) is 5.26 Å². The van der Waals surface area contributed by atoms with Gasteiger partial charge in [-0.3, -0.25) is 4.79 Å². The van der Waals surface area contributed by atoms with Gasteiger partial charge >= 0.3 is 0 Å². The number of fused-ring (bicyclic) bond motifs is 5.